The first kappa shape index (κ1) is 29.8. The predicted molar refractivity (Wildman–Crippen MR) is 84.9 cm³/mol. The van der Waals surface area contributed by atoms with Gasteiger partial charge in [-0.3, -0.25) is 4.98 Å². The van der Waals surface area contributed by atoms with Gasteiger partial charge in [-0.15, -0.1) is 0 Å². The smallest absolute Gasteiger partial charge is 0.0375 e. The summed E-state index contributed by atoms with van der Waals surface area (Å²) in [5, 5.41) is 0. The molecule has 0 bridgehead atoms. The fourth-order valence-electron chi connectivity index (χ4n) is 0.687. The van der Waals surface area contributed by atoms with Crippen LogP contribution in [0, 0.1) is 13.8 Å². The number of hydrogen-bond donors (Lipinski definition) is 0. The highest BCUT2D eigenvalue weighted by Crippen LogP contribution is 1.95. The van der Waals surface area contributed by atoms with E-state index in [-0.39, 0.29) is 8.41 Å². The molecule has 0 aromatic carbocycles. The van der Waals surface area contributed by atoms with Crippen molar-refractivity contribution >= 4 is 8.41 Å². The van der Waals surface area contributed by atoms with Crippen molar-refractivity contribution in [1.82, 2.24) is 4.98 Å². The normalized spacial score (nSPS) is 5.76. The molecule has 0 spiro atoms. The Morgan fingerprint density at radius 3 is 1.29 bits per heavy atom. The number of nitrogens with zero attached hydrogens (tertiary/aromatic N) is 1. The molecule has 101 valence electrons. The second kappa shape index (κ2) is 36.2. The maximum absolute atomic E-state index is 4.04. The molecule has 0 saturated heterocycles. The van der Waals surface area contributed by atoms with Gasteiger partial charge in [-0.1, -0.05) is 55.4 Å². The Labute approximate surface area is 113 Å². The number of aryl methyl sites for hydroxylation is 2. The summed E-state index contributed by atoms with van der Waals surface area (Å²) in [4.78, 5) is 4.04. The summed E-state index contributed by atoms with van der Waals surface area (Å²) >= 11 is 0. The highest BCUT2D eigenvalue weighted by atomic mass is 14.6. The first-order valence-electron chi connectivity index (χ1n) is 6.68. The van der Waals surface area contributed by atoms with Gasteiger partial charge < -0.3 is 0 Å². The average Bonchev–Trinajstić information content (AvgIpc) is 2.39. The van der Waals surface area contributed by atoms with Gasteiger partial charge in [0, 0.05) is 20.3 Å². The molecule has 3 radical (unpaired) electrons. The fourth-order valence-corrected chi connectivity index (χ4v) is 0.687. The van der Waals surface area contributed by atoms with Gasteiger partial charge in [0.2, 0.25) is 0 Å². The van der Waals surface area contributed by atoms with Crippen LogP contribution < -0.4 is 0 Å². The third-order valence-corrected chi connectivity index (χ3v) is 1.05. The zero-order chi connectivity index (χ0) is 14.0. The number of pyridine rings is 1. The largest absolute Gasteiger partial charge is 0.262 e. The van der Waals surface area contributed by atoms with Gasteiger partial charge in [-0.05, 0) is 31.5 Å². The van der Waals surface area contributed by atoms with E-state index < -0.39 is 0 Å². The molecule has 0 N–H and O–H groups in total. The molecular weight excluding hydrogens is 205 g/mol. The van der Waals surface area contributed by atoms with Crippen molar-refractivity contribution in [2.24, 2.45) is 0 Å². The Hall–Kier alpha value is -0.785. The Morgan fingerprint density at radius 1 is 0.765 bits per heavy atom. The maximum Gasteiger partial charge on any atom is 0.0375 e. The van der Waals surface area contributed by atoms with Gasteiger partial charge >= 0.3 is 0 Å². The van der Waals surface area contributed by atoms with Gasteiger partial charge in [0.15, 0.2) is 0 Å². The molecular formula is C15H33BN. The minimum Gasteiger partial charge on any atom is -0.262 e. The predicted octanol–water partition coefficient (Wildman–Crippen LogP) is 5.42. The van der Waals surface area contributed by atoms with Crippen LogP contribution in [0.2, 0.25) is 0 Å². The SMILES string of the molecule is CC.CC.CC.CC.Cc1ccnc(C)c1.[B]. The fraction of sp³-hybridized carbons (Fsp3) is 0.667. The highest BCUT2D eigenvalue weighted by Gasteiger charge is 1.82. The molecule has 1 nitrogen and oxygen atoms in total. The quantitative estimate of drug-likeness (QED) is 0.550. The molecule has 0 unspecified atom stereocenters. The number of hydrogen-bond acceptors (Lipinski definition) is 1. The van der Waals surface area contributed by atoms with E-state index in [4.69, 9.17) is 0 Å². The zero-order valence-electron chi connectivity index (χ0n) is 13.8. The van der Waals surface area contributed by atoms with Crippen LogP contribution in [-0.2, 0) is 0 Å². The molecule has 1 aromatic heterocycles. The molecule has 2 heteroatoms. The van der Waals surface area contributed by atoms with Crippen LogP contribution in [0.25, 0.3) is 0 Å². The van der Waals surface area contributed by atoms with Crippen LogP contribution in [0.1, 0.15) is 66.6 Å². The van der Waals surface area contributed by atoms with Crippen LogP contribution in [0.15, 0.2) is 18.3 Å². The molecule has 0 aliphatic heterocycles. The van der Waals surface area contributed by atoms with Crippen LogP contribution >= 0.6 is 0 Å². The van der Waals surface area contributed by atoms with Crippen LogP contribution in [-0.4, -0.2) is 13.4 Å². The summed E-state index contributed by atoms with van der Waals surface area (Å²) in [6.07, 6.45) is 1.82. The van der Waals surface area contributed by atoms with Crippen LogP contribution in [0.4, 0.5) is 0 Å². The summed E-state index contributed by atoms with van der Waals surface area (Å²) in [5.74, 6) is 0. The summed E-state index contributed by atoms with van der Waals surface area (Å²) in [5.41, 5.74) is 2.36. The molecule has 0 aliphatic rings. The van der Waals surface area contributed by atoms with E-state index in [9.17, 15) is 0 Å². The lowest BCUT2D eigenvalue weighted by Gasteiger charge is -1.90. The molecule has 17 heavy (non-hydrogen) atoms. The van der Waals surface area contributed by atoms with Gasteiger partial charge in [0.1, 0.15) is 0 Å². The minimum absolute atomic E-state index is 0. The summed E-state index contributed by atoms with van der Waals surface area (Å²) in [7, 11) is 0. The van der Waals surface area contributed by atoms with E-state index in [0.29, 0.717) is 0 Å². The number of rotatable bonds is 0. The van der Waals surface area contributed by atoms with E-state index in [1.165, 1.54) is 5.56 Å². The van der Waals surface area contributed by atoms with Crippen molar-refractivity contribution in [2.75, 3.05) is 0 Å². The Kier molecular flexibility index (Phi) is 63.6. The topological polar surface area (TPSA) is 12.9 Å². The third kappa shape index (κ3) is 31.3. The van der Waals surface area contributed by atoms with Crippen molar-refractivity contribution in [3.05, 3.63) is 29.6 Å². The van der Waals surface area contributed by atoms with Gasteiger partial charge in [-0.25, -0.2) is 0 Å². The maximum atomic E-state index is 4.04. The molecule has 0 amide bonds. The Bertz CT molecular complexity index is 171. The van der Waals surface area contributed by atoms with E-state index in [1.807, 2.05) is 74.6 Å². The van der Waals surface area contributed by atoms with Crippen LogP contribution in [0.5, 0.6) is 0 Å². The molecule has 0 aliphatic carbocycles. The van der Waals surface area contributed by atoms with Crippen molar-refractivity contribution in [3.63, 3.8) is 0 Å². The third-order valence-electron chi connectivity index (χ3n) is 1.05. The minimum atomic E-state index is 0. The molecule has 0 fully saturated rings. The van der Waals surface area contributed by atoms with E-state index in [0.717, 1.165) is 5.69 Å². The first-order chi connectivity index (χ1) is 7.79. The van der Waals surface area contributed by atoms with Crippen molar-refractivity contribution in [3.8, 4) is 0 Å². The highest BCUT2D eigenvalue weighted by molar-refractivity contribution is 5.75. The lowest BCUT2D eigenvalue weighted by atomic mass is 10.3. The second-order valence-corrected chi connectivity index (χ2v) is 1.97. The molecule has 0 atom stereocenters. The van der Waals surface area contributed by atoms with Crippen LogP contribution in [0.3, 0.4) is 0 Å². The number of aromatic nitrogens is 1. The van der Waals surface area contributed by atoms with Crippen molar-refractivity contribution in [2.45, 2.75) is 69.2 Å². The first-order valence-corrected chi connectivity index (χ1v) is 6.68. The molecule has 1 rings (SSSR count). The summed E-state index contributed by atoms with van der Waals surface area (Å²) in [6, 6.07) is 4.05. The average molecular weight is 238 g/mol. The lowest BCUT2D eigenvalue weighted by molar-refractivity contribution is 1.18. The second-order valence-electron chi connectivity index (χ2n) is 1.97. The van der Waals surface area contributed by atoms with Gasteiger partial charge in [0.25, 0.3) is 0 Å². The van der Waals surface area contributed by atoms with E-state index >= 15 is 0 Å². The zero-order valence-corrected chi connectivity index (χ0v) is 13.8. The molecule has 0 saturated carbocycles. The molecule has 1 heterocycles. The van der Waals surface area contributed by atoms with Gasteiger partial charge in [0.05, 0.1) is 0 Å². The van der Waals surface area contributed by atoms with E-state index in [1.54, 1.807) is 0 Å². The summed E-state index contributed by atoms with van der Waals surface area (Å²) < 4.78 is 0. The molecule has 1 aromatic rings. The lowest BCUT2D eigenvalue weighted by Crippen LogP contribution is -1.78. The monoisotopic (exact) mass is 238 g/mol. The van der Waals surface area contributed by atoms with E-state index in [2.05, 4.69) is 18.0 Å². The standard InChI is InChI=1S/C7H9N.4C2H6.B/c1-6-3-4-8-7(2)5-6;4*1-2;/h3-5H,1-2H3;4*1-2H3;. The van der Waals surface area contributed by atoms with Gasteiger partial charge in [-0.2, -0.15) is 0 Å². The van der Waals surface area contributed by atoms with Crippen molar-refractivity contribution < 1.29 is 0 Å². The van der Waals surface area contributed by atoms with Crippen molar-refractivity contribution in [1.29, 1.82) is 0 Å². The Morgan fingerprint density at radius 2 is 1.12 bits per heavy atom. The summed E-state index contributed by atoms with van der Waals surface area (Å²) in [6.45, 7) is 20.1. The Balaban J connectivity index is -0.0000000462.